The molecule has 2 aromatic rings. The molecule has 0 saturated carbocycles. The van der Waals surface area contributed by atoms with Crippen LogP contribution >= 0.6 is 0 Å². The van der Waals surface area contributed by atoms with E-state index < -0.39 is 6.10 Å². The quantitative estimate of drug-likeness (QED) is 0.744. The lowest BCUT2D eigenvalue weighted by Crippen LogP contribution is -2.28. The van der Waals surface area contributed by atoms with Crippen molar-refractivity contribution >= 4 is 17.4 Å². The normalized spacial score (nSPS) is 22.4. The van der Waals surface area contributed by atoms with Gasteiger partial charge in [0.2, 0.25) is 0 Å². The number of hydrogen-bond acceptors (Lipinski definition) is 5. The lowest BCUT2D eigenvalue weighted by molar-refractivity contribution is 0.0859. The van der Waals surface area contributed by atoms with Crippen LogP contribution in [0.2, 0.25) is 0 Å². The van der Waals surface area contributed by atoms with Gasteiger partial charge in [0.1, 0.15) is 5.82 Å². The fourth-order valence-electron chi connectivity index (χ4n) is 3.87. The van der Waals surface area contributed by atoms with Crippen molar-refractivity contribution in [2.45, 2.75) is 44.6 Å². The van der Waals surface area contributed by atoms with Crippen LogP contribution in [0.4, 0.5) is 11.5 Å². The van der Waals surface area contributed by atoms with Crippen molar-refractivity contribution in [3.8, 4) is 0 Å². The van der Waals surface area contributed by atoms with Gasteiger partial charge in [-0.1, -0.05) is 18.2 Å². The zero-order valence-electron chi connectivity index (χ0n) is 13.7. The first-order chi connectivity index (χ1) is 11.6. The van der Waals surface area contributed by atoms with E-state index in [2.05, 4.69) is 10.4 Å². The Hall–Kier alpha value is -2.34. The first-order valence-electron chi connectivity index (χ1n) is 8.48. The van der Waals surface area contributed by atoms with Crippen LogP contribution in [0.25, 0.3) is 0 Å². The van der Waals surface area contributed by atoms with E-state index in [9.17, 15) is 9.90 Å². The largest absolute Gasteiger partial charge is 0.393 e. The lowest BCUT2D eigenvalue weighted by Gasteiger charge is -2.27. The molecule has 1 aromatic heterocycles. The van der Waals surface area contributed by atoms with Gasteiger partial charge in [0, 0.05) is 24.2 Å². The highest BCUT2D eigenvalue weighted by Gasteiger charge is 2.32. The van der Waals surface area contributed by atoms with Crippen molar-refractivity contribution in [3.05, 3.63) is 40.6 Å². The van der Waals surface area contributed by atoms with Crippen LogP contribution in [0.15, 0.2) is 18.2 Å². The molecule has 6 nitrogen and oxygen atoms in total. The molecular formula is C18H22N4O2. The van der Waals surface area contributed by atoms with Crippen LogP contribution in [0.3, 0.4) is 0 Å². The number of nitrogens with two attached hydrogens (primary N) is 1. The molecule has 0 bridgehead atoms. The van der Waals surface area contributed by atoms with E-state index in [1.165, 1.54) is 4.68 Å². The highest BCUT2D eigenvalue weighted by molar-refractivity contribution is 5.90. The van der Waals surface area contributed by atoms with Crippen molar-refractivity contribution < 1.29 is 9.90 Å². The Labute approximate surface area is 140 Å². The van der Waals surface area contributed by atoms with Crippen molar-refractivity contribution in [1.29, 1.82) is 0 Å². The van der Waals surface area contributed by atoms with Crippen molar-refractivity contribution in [2.24, 2.45) is 0 Å². The number of nitrogens with zero attached hydrogens (tertiary/aromatic N) is 2. The van der Waals surface area contributed by atoms with Gasteiger partial charge >= 0.3 is 0 Å². The molecule has 0 radical (unpaired) electrons. The van der Waals surface area contributed by atoms with Gasteiger partial charge < -0.3 is 16.2 Å². The summed E-state index contributed by atoms with van der Waals surface area (Å²) in [7, 11) is 0. The van der Waals surface area contributed by atoms with Crippen molar-refractivity contribution in [3.63, 3.8) is 0 Å². The second-order valence-corrected chi connectivity index (χ2v) is 6.76. The average molecular weight is 326 g/mol. The standard InChI is InChI=1S/C18H22N4O2/c1-10-3-2-4-12-13(7-8-20-16(10)12)18(24)22-17(19)14-9-11(23)5-6-15(14)21-22/h2-4,11,13,20,23H,5-9,19H2,1H3. The van der Waals surface area contributed by atoms with Crippen LogP contribution < -0.4 is 11.1 Å². The fraction of sp³-hybridized carbons (Fsp3) is 0.444. The maximum absolute atomic E-state index is 13.1. The predicted molar refractivity (Wildman–Crippen MR) is 92.3 cm³/mol. The lowest BCUT2D eigenvalue weighted by atomic mass is 9.88. The molecule has 0 spiro atoms. The zero-order valence-corrected chi connectivity index (χ0v) is 13.7. The molecule has 2 unspecified atom stereocenters. The Morgan fingerprint density at radius 2 is 2.25 bits per heavy atom. The average Bonchev–Trinajstić information content (AvgIpc) is 2.91. The predicted octanol–water partition coefficient (Wildman–Crippen LogP) is 1.86. The molecule has 6 heteroatoms. The Bertz CT molecular complexity index is 812. The summed E-state index contributed by atoms with van der Waals surface area (Å²) in [6.45, 7) is 2.80. The molecule has 1 aliphatic carbocycles. The minimum atomic E-state index is -0.394. The van der Waals surface area contributed by atoms with Gasteiger partial charge in [0.15, 0.2) is 0 Å². The third-order valence-electron chi connectivity index (χ3n) is 5.18. The summed E-state index contributed by atoms with van der Waals surface area (Å²) in [5, 5.41) is 17.7. The van der Waals surface area contributed by atoms with E-state index in [0.717, 1.165) is 41.0 Å². The molecule has 24 heavy (non-hydrogen) atoms. The number of nitrogens with one attached hydrogen (secondary N) is 1. The number of fused-ring (bicyclic) bond motifs is 2. The van der Waals surface area contributed by atoms with Gasteiger partial charge in [-0.25, -0.2) is 0 Å². The smallest absolute Gasteiger partial charge is 0.256 e. The van der Waals surface area contributed by atoms with Gasteiger partial charge in [0.25, 0.3) is 5.91 Å². The van der Waals surface area contributed by atoms with Gasteiger partial charge in [-0.2, -0.15) is 9.78 Å². The summed E-state index contributed by atoms with van der Waals surface area (Å²) in [6.07, 6.45) is 2.16. The molecule has 0 fully saturated rings. The number of aliphatic hydroxyl groups excluding tert-OH is 1. The van der Waals surface area contributed by atoms with Crippen LogP contribution in [0, 0.1) is 6.92 Å². The Morgan fingerprint density at radius 3 is 3.08 bits per heavy atom. The fourth-order valence-corrected chi connectivity index (χ4v) is 3.87. The molecule has 4 rings (SSSR count). The van der Waals surface area contributed by atoms with Gasteiger partial charge in [-0.05, 0) is 37.3 Å². The molecule has 2 aliphatic rings. The van der Waals surface area contributed by atoms with Crippen LogP contribution in [-0.2, 0) is 12.8 Å². The Balaban J connectivity index is 1.73. The van der Waals surface area contributed by atoms with E-state index in [1.54, 1.807) is 0 Å². The molecule has 0 saturated heterocycles. The van der Waals surface area contributed by atoms with E-state index in [1.807, 2.05) is 25.1 Å². The highest BCUT2D eigenvalue weighted by atomic mass is 16.3. The zero-order chi connectivity index (χ0) is 16.8. The monoisotopic (exact) mass is 326 g/mol. The van der Waals surface area contributed by atoms with Gasteiger partial charge in [0.05, 0.1) is 17.7 Å². The highest BCUT2D eigenvalue weighted by Crippen LogP contribution is 2.36. The number of benzene rings is 1. The third kappa shape index (κ3) is 2.29. The second-order valence-electron chi connectivity index (χ2n) is 6.76. The summed E-state index contributed by atoms with van der Waals surface area (Å²) < 4.78 is 1.37. The van der Waals surface area contributed by atoms with Crippen LogP contribution in [0.1, 0.15) is 45.9 Å². The second kappa shape index (κ2) is 5.63. The van der Waals surface area contributed by atoms with E-state index in [0.29, 0.717) is 25.1 Å². The first kappa shape index (κ1) is 15.2. The third-order valence-corrected chi connectivity index (χ3v) is 5.18. The minimum absolute atomic E-state index is 0.0789. The number of aliphatic hydroxyl groups is 1. The van der Waals surface area contributed by atoms with Crippen molar-refractivity contribution in [2.75, 3.05) is 17.6 Å². The number of hydrogen-bond donors (Lipinski definition) is 3. The number of para-hydroxylation sites is 1. The summed E-state index contributed by atoms with van der Waals surface area (Å²) in [5.74, 6) is 0.0703. The first-order valence-corrected chi connectivity index (χ1v) is 8.48. The Morgan fingerprint density at radius 1 is 1.42 bits per heavy atom. The van der Waals surface area contributed by atoms with Gasteiger partial charge in [-0.15, -0.1) is 0 Å². The maximum Gasteiger partial charge on any atom is 0.256 e. The minimum Gasteiger partial charge on any atom is -0.393 e. The van der Waals surface area contributed by atoms with E-state index >= 15 is 0 Å². The molecule has 1 aromatic carbocycles. The van der Waals surface area contributed by atoms with Crippen LogP contribution in [0.5, 0.6) is 0 Å². The topological polar surface area (TPSA) is 93.2 Å². The van der Waals surface area contributed by atoms with Gasteiger partial charge in [-0.3, -0.25) is 4.79 Å². The number of carbonyl (C=O) groups is 1. The summed E-state index contributed by atoms with van der Waals surface area (Å²) >= 11 is 0. The number of rotatable bonds is 1. The molecule has 0 amide bonds. The molecule has 1 aliphatic heterocycles. The number of nitrogen functional groups attached to an aromatic ring is 1. The summed E-state index contributed by atoms with van der Waals surface area (Å²) in [6, 6.07) is 6.02. The molecule has 4 N–H and O–H groups in total. The Kier molecular flexibility index (Phi) is 3.57. The molecule has 2 heterocycles. The summed E-state index contributed by atoms with van der Waals surface area (Å²) in [5.41, 5.74) is 11.1. The van der Waals surface area contributed by atoms with Crippen molar-refractivity contribution in [1.82, 2.24) is 9.78 Å². The maximum atomic E-state index is 13.1. The number of aryl methyl sites for hydroxylation is 2. The van der Waals surface area contributed by atoms with E-state index in [-0.39, 0.29) is 11.8 Å². The van der Waals surface area contributed by atoms with E-state index in [4.69, 9.17) is 5.73 Å². The summed E-state index contributed by atoms with van der Waals surface area (Å²) in [4.78, 5) is 13.1. The SMILES string of the molecule is Cc1cccc2c1NCCC2C(=O)n1nc2c(c1N)CC(O)CC2. The number of anilines is 2. The number of aromatic nitrogens is 2. The molecule has 2 atom stereocenters. The molecule has 126 valence electrons. The molecular weight excluding hydrogens is 304 g/mol. The van der Waals surface area contributed by atoms with Crippen LogP contribution in [-0.4, -0.2) is 33.4 Å². The number of carbonyl (C=O) groups excluding carboxylic acids is 1.